The van der Waals surface area contributed by atoms with Gasteiger partial charge in [0, 0.05) is 29.0 Å². The van der Waals surface area contributed by atoms with Crippen LogP contribution >= 0.6 is 15.9 Å². The SMILES string of the molecule is FC(F)(F)c1ccccc1Cn1ccnc1-c1cccc(Br)c1. The van der Waals surface area contributed by atoms with Crippen molar-refractivity contribution >= 4 is 15.9 Å². The van der Waals surface area contributed by atoms with Crippen LogP contribution < -0.4 is 0 Å². The number of halogens is 4. The molecule has 0 unspecified atom stereocenters. The summed E-state index contributed by atoms with van der Waals surface area (Å²) in [6.07, 6.45) is -1.09. The minimum atomic E-state index is -4.37. The van der Waals surface area contributed by atoms with Crippen LogP contribution in [0.5, 0.6) is 0 Å². The highest BCUT2D eigenvalue weighted by molar-refractivity contribution is 9.10. The Morgan fingerprint density at radius 3 is 2.57 bits per heavy atom. The van der Waals surface area contributed by atoms with E-state index in [0.717, 1.165) is 16.1 Å². The smallest absolute Gasteiger partial charge is 0.327 e. The molecular weight excluding hydrogens is 369 g/mol. The minimum Gasteiger partial charge on any atom is -0.327 e. The zero-order chi connectivity index (χ0) is 16.4. The summed E-state index contributed by atoms with van der Waals surface area (Å²) in [6.45, 7) is 0.109. The Morgan fingerprint density at radius 2 is 1.83 bits per heavy atom. The van der Waals surface area contributed by atoms with Crippen molar-refractivity contribution in [2.45, 2.75) is 12.7 Å². The first-order valence-corrected chi connectivity index (χ1v) is 7.66. The second kappa shape index (κ2) is 6.20. The minimum absolute atomic E-state index is 0.109. The summed E-state index contributed by atoms with van der Waals surface area (Å²) in [4.78, 5) is 4.28. The Morgan fingerprint density at radius 1 is 1.04 bits per heavy atom. The van der Waals surface area contributed by atoms with Crippen molar-refractivity contribution in [2.75, 3.05) is 0 Å². The zero-order valence-electron chi connectivity index (χ0n) is 11.9. The first-order chi connectivity index (χ1) is 10.9. The summed E-state index contributed by atoms with van der Waals surface area (Å²) in [5.41, 5.74) is 0.442. The summed E-state index contributed by atoms with van der Waals surface area (Å²) in [7, 11) is 0. The molecule has 0 radical (unpaired) electrons. The van der Waals surface area contributed by atoms with Gasteiger partial charge in [0.2, 0.25) is 0 Å². The van der Waals surface area contributed by atoms with Gasteiger partial charge in [-0.25, -0.2) is 4.98 Å². The van der Waals surface area contributed by atoms with Gasteiger partial charge in [-0.2, -0.15) is 13.2 Å². The van der Waals surface area contributed by atoms with E-state index >= 15 is 0 Å². The fourth-order valence-electron chi connectivity index (χ4n) is 2.44. The molecule has 0 saturated heterocycles. The summed E-state index contributed by atoms with van der Waals surface area (Å²) in [5, 5.41) is 0. The van der Waals surface area contributed by atoms with E-state index < -0.39 is 11.7 Å². The maximum atomic E-state index is 13.1. The fourth-order valence-corrected chi connectivity index (χ4v) is 2.84. The van der Waals surface area contributed by atoms with Gasteiger partial charge in [0.05, 0.1) is 5.56 Å². The lowest BCUT2D eigenvalue weighted by atomic mass is 10.1. The van der Waals surface area contributed by atoms with E-state index in [2.05, 4.69) is 20.9 Å². The molecular formula is C17H12BrF3N2. The van der Waals surface area contributed by atoms with E-state index in [4.69, 9.17) is 0 Å². The van der Waals surface area contributed by atoms with Crippen LogP contribution in [-0.2, 0) is 12.7 Å². The predicted octanol–water partition coefficient (Wildman–Crippen LogP) is 5.38. The van der Waals surface area contributed by atoms with E-state index in [0.29, 0.717) is 5.82 Å². The summed E-state index contributed by atoms with van der Waals surface area (Å²) in [5.74, 6) is 0.628. The number of aromatic nitrogens is 2. The Balaban J connectivity index is 1.99. The zero-order valence-corrected chi connectivity index (χ0v) is 13.5. The highest BCUT2D eigenvalue weighted by atomic mass is 79.9. The molecule has 2 nitrogen and oxygen atoms in total. The molecule has 0 aliphatic carbocycles. The molecule has 6 heteroatoms. The lowest BCUT2D eigenvalue weighted by molar-refractivity contribution is -0.138. The van der Waals surface area contributed by atoms with Crippen molar-refractivity contribution in [2.24, 2.45) is 0 Å². The van der Waals surface area contributed by atoms with Crippen LogP contribution in [-0.4, -0.2) is 9.55 Å². The standard InChI is InChI=1S/C17H12BrF3N2/c18-14-6-3-5-12(10-14)16-22-8-9-23(16)11-13-4-1-2-7-15(13)17(19,20)21/h1-10H,11H2. The summed E-state index contributed by atoms with van der Waals surface area (Å²) >= 11 is 3.39. The largest absolute Gasteiger partial charge is 0.416 e. The third kappa shape index (κ3) is 3.47. The lowest BCUT2D eigenvalue weighted by Crippen LogP contribution is -2.11. The molecule has 1 heterocycles. The topological polar surface area (TPSA) is 17.8 Å². The van der Waals surface area contributed by atoms with Gasteiger partial charge in [0.25, 0.3) is 0 Å². The fraction of sp³-hybridized carbons (Fsp3) is 0.118. The normalized spacial score (nSPS) is 11.7. The van der Waals surface area contributed by atoms with E-state index in [1.54, 1.807) is 23.0 Å². The van der Waals surface area contributed by atoms with Crippen LogP contribution in [0.25, 0.3) is 11.4 Å². The number of benzene rings is 2. The van der Waals surface area contributed by atoms with E-state index in [1.807, 2.05) is 24.3 Å². The molecule has 1 aromatic heterocycles. The van der Waals surface area contributed by atoms with Gasteiger partial charge in [-0.3, -0.25) is 0 Å². The first kappa shape index (κ1) is 15.8. The van der Waals surface area contributed by atoms with Crippen molar-refractivity contribution in [1.82, 2.24) is 9.55 Å². The van der Waals surface area contributed by atoms with Crippen molar-refractivity contribution in [3.63, 3.8) is 0 Å². The van der Waals surface area contributed by atoms with E-state index in [9.17, 15) is 13.2 Å². The van der Waals surface area contributed by atoms with E-state index in [1.165, 1.54) is 12.1 Å². The number of rotatable bonds is 3. The average molecular weight is 381 g/mol. The van der Waals surface area contributed by atoms with Crippen molar-refractivity contribution in [3.8, 4) is 11.4 Å². The predicted molar refractivity (Wildman–Crippen MR) is 85.9 cm³/mol. The maximum absolute atomic E-state index is 13.1. The first-order valence-electron chi connectivity index (χ1n) is 6.87. The van der Waals surface area contributed by atoms with Crippen LogP contribution in [0.1, 0.15) is 11.1 Å². The summed E-state index contributed by atoms with van der Waals surface area (Å²) < 4.78 is 42.0. The molecule has 2 aromatic carbocycles. The number of hydrogen-bond donors (Lipinski definition) is 0. The molecule has 0 atom stereocenters. The molecule has 0 bridgehead atoms. The van der Waals surface area contributed by atoms with Crippen LogP contribution in [0.4, 0.5) is 13.2 Å². The lowest BCUT2D eigenvalue weighted by Gasteiger charge is -2.14. The molecule has 0 aliphatic rings. The molecule has 23 heavy (non-hydrogen) atoms. The Kier molecular flexibility index (Phi) is 4.26. The van der Waals surface area contributed by atoms with Crippen LogP contribution in [0.2, 0.25) is 0 Å². The van der Waals surface area contributed by atoms with Gasteiger partial charge in [-0.15, -0.1) is 0 Å². The third-order valence-electron chi connectivity index (χ3n) is 3.46. The van der Waals surface area contributed by atoms with Gasteiger partial charge in [0.15, 0.2) is 0 Å². The van der Waals surface area contributed by atoms with Gasteiger partial charge in [-0.05, 0) is 23.8 Å². The third-order valence-corrected chi connectivity index (χ3v) is 3.96. The van der Waals surface area contributed by atoms with Gasteiger partial charge < -0.3 is 4.57 Å². The molecule has 0 spiro atoms. The van der Waals surface area contributed by atoms with Gasteiger partial charge in [-0.1, -0.05) is 46.3 Å². The molecule has 0 aliphatic heterocycles. The molecule has 0 amide bonds. The van der Waals surface area contributed by atoms with Crippen molar-refractivity contribution in [3.05, 3.63) is 76.5 Å². The Bertz CT molecular complexity index is 824. The second-order valence-electron chi connectivity index (χ2n) is 5.04. The number of nitrogens with zero attached hydrogens (tertiary/aromatic N) is 2. The van der Waals surface area contributed by atoms with Gasteiger partial charge in [0.1, 0.15) is 5.82 Å². The second-order valence-corrected chi connectivity index (χ2v) is 5.96. The van der Waals surface area contributed by atoms with Gasteiger partial charge >= 0.3 is 6.18 Å². The monoisotopic (exact) mass is 380 g/mol. The highest BCUT2D eigenvalue weighted by Gasteiger charge is 2.32. The molecule has 3 rings (SSSR count). The Hall–Kier alpha value is -2.08. The molecule has 0 fully saturated rings. The van der Waals surface area contributed by atoms with Crippen molar-refractivity contribution in [1.29, 1.82) is 0 Å². The van der Waals surface area contributed by atoms with Crippen LogP contribution in [0.15, 0.2) is 65.4 Å². The molecule has 118 valence electrons. The highest BCUT2D eigenvalue weighted by Crippen LogP contribution is 2.32. The number of alkyl halides is 3. The molecule has 0 saturated carbocycles. The quantitative estimate of drug-likeness (QED) is 0.596. The maximum Gasteiger partial charge on any atom is 0.416 e. The van der Waals surface area contributed by atoms with Crippen LogP contribution in [0.3, 0.4) is 0 Å². The molecule has 3 aromatic rings. The molecule has 0 N–H and O–H groups in total. The number of imidazole rings is 1. The summed E-state index contributed by atoms with van der Waals surface area (Å²) in [6, 6.07) is 13.1. The van der Waals surface area contributed by atoms with E-state index in [-0.39, 0.29) is 12.1 Å². The number of hydrogen-bond acceptors (Lipinski definition) is 1. The van der Waals surface area contributed by atoms with Crippen molar-refractivity contribution < 1.29 is 13.2 Å². The van der Waals surface area contributed by atoms with Crippen LogP contribution in [0, 0.1) is 0 Å². The average Bonchev–Trinajstić information content (AvgIpc) is 2.95. The Labute approximate surface area is 139 Å².